The number of hydrogen-bond acceptors (Lipinski definition) is 2. The first-order chi connectivity index (χ1) is 31.6. The number of anilines is 2. The quantitative estimate of drug-likeness (QED) is 0.0925. The Balaban J connectivity index is 0.000000250. The maximum atomic E-state index is 7.91. The maximum Gasteiger partial charge on any atom is 1.00 e. The molecule has 1 aliphatic heterocycles. The van der Waals surface area contributed by atoms with Crippen LogP contribution in [0.25, 0.3) is 61.2 Å². The van der Waals surface area contributed by atoms with Gasteiger partial charge in [-0.25, -0.2) is 11.1 Å². The van der Waals surface area contributed by atoms with Crippen molar-refractivity contribution in [2.75, 3.05) is 4.90 Å². The molecule has 0 amide bonds. The van der Waals surface area contributed by atoms with Gasteiger partial charge in [0.15, 0.2) is 0 Å². The second kappa shape index (κ2) is 19.6. The summed E-state index contributed by atoms with van der Waals surface area (Å²) in [6.07, 6.45) is 8.77. The third-order valence-corrected chi connectivity index (χ3v) is 12.1. The first kappa shape index (κ1) is 43.0. The number of fused-ring (bicyclic) bond motifs is 4. The number of nitrogens with one attached hydrogen (secondary N) is 2. The van der Waals surface area contributed by atoms with Crippen LogP contribution in [0.4, 0.5) is 11.4 Å². The van der Waals surface area contributed by atoms with Crippen molar-refractivity contribution in [1.82, 2.24) is 0 Å². The smallest absolute Gasteiger partial charge is 0.698 e. The van der Waals surface area contributed by atoms with Crippen molar-refractivity contribution >= 4 is 39.1 Å². The minimum atomic E-state index is 0. The standard InChI is InChI=1S/C46H31N.C15H13N2.Na/c1-3-12-32(13-4-1)35-18-9-19-36(28-35)37-20-10-21-38(29-37)40-25-27-46-43(31-40)42-30-39(33-14-5-2-6-15-33)24-26-45(42)47(46)44-23-11-17-34-16-7-8-22-41(34)44;16-14(12-7-3-1-4-8-12)11-15(17)13-9-5-2-6-10-13;/h1-18,21-31,43,46H;1-11,16-17H;/q-2;-1;+1/b;14-11-,17-15?;. The summed E-state index contributed by atoms with van der Waals surface area (Å²) < 4.78 is 0. The van der Waals surface area contributed by atoms with Crippen LogP contribution in [-0.4, -0.2) is 11.8 Å². The maximum absolute atomic E-state index is 7.91. The van der Waals surface area contributed by atoms with Crippen molar-refractivity contribution < 1.29 is 29.6 Å². The summed E-state index contributed by atoms with van der Waals surface area (Å²) in [5.41, 5.74) is 23.6. The van der Waals surface area contributed by atoms with Crippen molar-refractivity contribution in [2.45, 2.75) is 12.0 Å². The van der Waals surface area contributed by atoms with Gasteiger partial charge in [-0.1, -0.05) is 188 Å². The predicted octanol–water partition coefficient (Wildman–Crippen LogP) is 12.9. The van der Waals surface area contributed by atoms with Crippen LogP contribution in [0.15, 0.2) is 243 Å². The molecule has 9 aromatic carbocycles. The molecule has 2 unspecified atom stereocenters. The molecule has 1 heterocycles. The van der Waals surface area contributed by atoms with E-state index in [-0.39, 0.29) is 41.5 Å². The van der Waals surface area contributed by atoms with E-state index in [9.17, 15) is 0 Å². The molecule has 0 radical (unpaired) electrons. The molecule has 65 heavy (non-hydrogen) atoms. The average molecular weight is 842 g/mol. The van der Waals surface area contributed by atoms with Crippen LogP contribution in [0.5, 0.6) is 0 Å². The Morgan fingerprint density at radius 2 is 1.08 bits per heavy atom. The van der Waals surface area contributed by atoms with E-state index in [1.165, 1.54) is 61.1 Å². The van der Waals surface area contributed by atoms with Crippen LogP contribution in [0, 0.1) is 17.5 Å². The molecule has 3 nitrogen and oxygen atoms in total. The number of rotatable bonds is 8. The molecular weight excluding hydrogens is 798 g/mol. The van der Waals surface area contributed by atoms with E-state index in [0.717, 1.165) is 22.3 Å². The second-order valence-corrected chi connectivity index (χ2v) is 16.1. The van der Waals surface area contributed by atoms with Gasteiger partial charge in [0.25, 0.3) is 0 Å². The zero-order valence-electron chi connectivity index (χ0n) is 36.2. The van der Waals surface area contributed by atoms with Crippen LogP contribution >= 0.6 is 0 Å². The minimum absolute atomic E-state index is 0. The topological polar surface area (TPSA) is 50.9 Å². The van der Waals surface area contributed by atoms with Gasteiger partial charge in [-0.05, 0) is 62.5 Å². The summed E-state index contributed by atoms with van der Waals surface area (Å²) in [5.74, 6) is 0.202. The molecular formula is C61H44N3Na-2. The van der Waals surface area contributed by atoms with Crippen molar-refractivity contribution in [3.05, 3.63) is 283 Å². The van der Waals surface area contributed by atoms with Gasteiger partial charge in [0.2, 0.25) is 0 Å². The van der Waals surface area contributed by atoms with E-state index < -0.39 is 0 Å². The summed E-state index contributed by atoms with van der Waals surface area (Å²) in [7, 11) is 0. The van der Waals surface area contributed by atoms with E-state index in [0.29, 0.717) is 11.4 Å². The monoisotopic (exact) mass is 841 g/mol. The van der Waals surface area contributed by atoms with Crippen molar-refractivity contribution in [3.63, 3.8) is 0 Å². The van der Waals surface area contributed by atoms with Crippen molar-refractivity contribution in [3.8, 4) is 33.4 Å². The number of nitrogens with zero attached hydrogens (tertiary/aromatic N) is 1. The van der Waals surface area contributed by atoms with Crippen LogP contribution in [0.1, 0.15) is 28.2 Å². The Morgan fingerprint density at radius 1 is 0.523 bits per heavy atom. The number of allylic oxidation sites excluding steroid dienone is 3. The predicted molar refractivity (Wildman–Crippen MR) is 269 cm³/mol. The van der Waals surface area contributed by atoms with E-state index in [2.05, 4.69) is 181 Å². The van der Waals surface area contributed by atoms with Crippen LogP contribution in [0.2, 0.25) is 0 Å². The van der Waals surface area contributed by atoms with Crippen molar-refractivity contribution in [1.29, 1.82) is 5.41 Å². The van der Waals surface area contributed by atoms with Gasteiger partial charge in [0, 0.05) is 22.7 Å². The summed E-state index contributed by atoms with van der Waals surface area (Å²) in [6, 6.07) is 82.5. The van der Waals surface area contributed by atoms with E-state index >= 15 is 0 Å². The largest absolute Gasteiger partial charge is 1.00 e. The fourth-order valence-electron chi connectivity index (χ4n) is 8.88. The van der Waals surface area contributed by atoms with E-state index in [1.54, 1.807) is 6.08 Å². The summed E-state index contributed by atoms with van der Waals surface area (Å²) in [4.78, 5) is 2.55. The molecule has 1 aliphatic carbocycles. The van der Waals surface area contributed by atoms with Crippen LogP contribution in [0.3, 0.4) is 0 Å². The molecule has 11 rings (SSSR count). The summed E-state index contributed by atoms with van der Waals surface area (Å²) >= 11 is 0. The fourth-order valence-corrected chi connectivity index (χ4v) is 8.88. The zero-order chi connectivity index (χ0) is 43.2. The number of benzene rings is 9. The van der Waals surface area contributed by atoms with Gasteiger partial charge in [-0.2, -0.15) is 36.4 Å². The molecule has 306 valence electrons. The molecule has 2 aliphatic rings. The molecule has 0 saturated carbocycles. The summed E-state index contributed by atoms with van der Waals surface area (Å²) in [5, 5.41) is 10.4. The first-order valence-electron chi connectivity index (χ1n) is 21.7. The Labute approximate surface area is 404 Å². The van der Waals surface area contributed by atoms with E-state index in [4.69, 9.17) is 11.1 Å². The van der Waals surface area contributed by atoms with Gasteiger partial charge < -0.3 is 16.0 Å². The summed E-state index contributed by atoms with van der Waals surface area (Å²) in [6.45, 7) is 0. The van der Waals surface area contributed by atoms with Gasteiger partial charge in [-0.3, -0.25) is 0 Å². The Kier molecular flexibility index (Phi) is 13.0. The molecule has 0 fully saturated rings. The average Bonchev–Trinajstić information content (AvgIpc) is 3.70. The third-order valence-electron chi connectivity index (χ3n) is 12.1. The van der Waals surface area contributed by atoms with Gasteiger partial charge >= 0.3 is 29.6 Å². The third kappa shape index (κ3) is 9.22. The molecule has 9 aromatic rings. The van der Waals surface area contributed by atoms with Crippen LogP contribution in [-0.2, 0) is 0 Å². The zero-order valence-corrected chi connectivity index (χ0v) is 38.2. The molecule has 0 aromatic heterocycles. The molecule has 0 bridgehead atoms. The molecule has 2 atom stereocenters. The van der Waals surface area contributed by atoms with Gasteiger partial charge in [0.05, 0.1) is 11.8 Å². The SMILES string of the molecule is N=C(/C=C(\[NH-])c1ccccc1)c1ccccc1.[Na+].[c-]1ccc(C2=CC3c4cc(-c5ccccc5)ccc4N(c4cccc5ccccc45)C3C=C2)cc1-c1[c-]ccc(-c2ccccc2)c1. The Hall–Kier alpha value is -7.27. The first-order valence-corrected chi connectivity index (χ1v) is 21.7. The van der Waals surface area contributed by atoms with E-state index in [1.807, 2.05) is 72.8 Å². The van der Waals surface area contributed by atoms with Gasteiger partial charge in [0.1, 0.15) is 0 Å². The molecule has 0 saturated heterocycles. The fraction of sp³-hybridized carbons (Fsp3) is 0.0328. The Morgan fingerprint density at radius 3 is 1.75 bits per heavy atom. The second-order valence-electron chi connectivity index (χ2n) is 16.1. The van der Waals surface area contributed by atoms with Crippen molar-refractivity contribution in [2.24, 2.45) is 0 Å². The minimum Gasteiger partial charge on any atom is -0.698 e. The normalized spacial score (nSPS) is 14.9. The number of hydrogen-bond donors (Lipinski definition) is 1. The Bertz CT molecular complexity index is 3190. The molecule has 4 heteroatoms. The van der Waals surface area contributed by atoms with Gasteiger partial charge in [-0.15, -0.1) is 29.0 Å². The molecule has 2 N–H and O–H groups in total. The van der Waals surface area contributed by atoms with Crippen LogP contribution < -0.4 is 34.5 Å². The molecule has 0 spiro atoms.